The average Bonchev–Trinajstić information content (AvgIpc) is 3.25. The quantitative estimate of drug-likeness (QED) is 0.822. The van der Waals surface area contributed by atoms with E-state index in [0.29, 0.717) is 24.9 Å². The summed E-state index contributed by atoms with van der Waals surface area (Å²) in [7, 11) is 0. The minimum atomic E-state index is -2.46. The summed E-state index contributed by atoms with van der Waals surface area (Å²) in [4.78, 5) is 6.78. The molecule has 2 heterocycles. The summed E-state index contributed by atoms with van der Waals surface area (Å²) in [5.74, 6) is -1.33. The molecule has 0 bridgehead atoms. The third-order valence-electron chi connectivity index (χ3n) is 4.56. The number of hydrogen-bond acceptors (Lipinski definition) is 2. The zero-order valence-electron chi connectivity index (χ0n) is 12.9. The van der Waals surface area contributed by atoms with Gasteiger partial charge in [0.15, 0.2) is 0 Å². The van der Waals surface area contributed by atoms with Crippen LogP contribution in [0.5, 0.6) is 0 Å². The second kappa shape index (κ2) is 5.64. The molecule has 0 atom stereocenters. The Morgan fingerprint density at radius 1 is 1.29 bits per heavy atom. The summed E-state index contributed by atoms with van der Waals surface area (Å²) >= 11 is 0. The van der Waals surface area contributed by atoms with Gasteiger partial charge in [0.05, 0.1) is 0 Å². The smallest absolute Gasteiger partial charge is 0.250 e. The van der Waals surface area contributed by atoms with Crippen molar-refractivity contribution in [1.82, 2.24) is 9.88 Å². The Kier molecular flexibility index (Phi) is 4.00. The highest BCUT2D eigenvalue weighted by molar-refractivity contribution is 5.33. The van der Waals surface area contributed by atoms with Gasteiger partial charge in [0.2, 0.25) is 0 Å². The highest BCUT2D eigenvalue weighted by Crippen LogP contribution is 2.43. The summed E-state index contributed by atoms with van der Waals surface area (Å²) < 4.78 is 26.4. The molecule has 4 heteroatoms. The summed E-state index contributed by atoms with van der Waals surface area (Å²) in [6, 6.07) is 2.27. The monoisotopic (exact) mass is 294 g/mol. The van der Waals surface area contributed by atoms with Crippen molar-refractivity contribution in [3.63, 3.8) is 0 Å². The number of hydrogen-bond donors (Lipinski definition) is 0. The molecule has 2 nitrogen and oxygen atoms in total. The SMILES string of the molecule is CC(C)c1ncc(CN2CCC(F)(F)CC2)cc1C1CC1. The zero-order valence-corrected chi connectivity index (χ0v) is 12.9. The molecule has 1 saturated heterocycles. The summed E-state index contributed by atoms with van der Waals surface area (Å²) in [6.07, 6.45) is 4.44. The van der Waals surface area contributed by atoms with Crippen LogP contribution in [0.25, 0.3) is 0 Å². The second-order valence-electron chi connectivity index (χ2n) is 6.88. The van der Waals surface area contributed by atoms with Gasteiger partial charge in [0.25, 0.3) is 5.92 Å². The predicted molar refractivity (Wildman–Crippen MR) is 79.8 cm³/mol. The summed E-state index contributed by atoms with van der Waals surface area (Å²) in [5, 5.41) is 0. The van der Waals surface area contributed by atoms with Crippen molar-refractivity contribution in [1.29, 1.82) is 0 Å². The Balaban J connectivity index is 1.70. The fourth-order valence-corrected chi connectivity index (χ4v) is 3.12. The van der Waals surface area contributed by atoms with Crippen molar-refractivity contribution in [3.05, 3.63) is 29.1 Å². The van der Waals surface area contributed by atoms with Crippen LogP contribution in [0.15, 0.2) is 12.3 Å². The van der Waals surface area contributed by atoms with Crippen molar-refractivity contribution in [2.24, 2.45) is 0 Å². The molecular formula is C17H24F2N2. The molecule has 1 aliphatic heterocycles. The maximum atomic E-state index is 13.2. The first-order valence-corrected chi connectivity index (χ1v) is 8.03. The third-order valence-corrected chi connectivity index (χ3v) is 4.56. The summed E-state index contributed by atoms with van der Waals surface area (Å²) in [6.45, 7) is 6.08. The number of piperidine rings is 1. The molecular weight excluding hydrogens is 270 g/mol. The van der Waals surface area contributed by atoms with Crippen LogP contribution < -0.4 is 0 Å². The molecule has 0 N–H and O–H groups in total. The van der Waals surface area contributed by atoms with E-state index in [2.05, 4.69) is 29.8 Å². The first-order chi connectivity index (χ1) is 9.94. The number of likely N-dealkylation sites (tertiary alicyclic amines) is 1. The summed E-state index contributed by atoms with van der Waals surface area (Å²) in [5.41, 5.74) is 3.78. The fourth-order valence-electron chi connectivity index (χ4n) is 3.12. The van der Waals surface area contributed by atoms with E-state index in [9.17, 15) is 8.78 Å². The van der Waals surface area contributed by atoms with Crippen LogP contribution in [0.3, 0.4) is 0 Å². The molecule has 0 unspecified atom stereocenters. The molecule has 2 aliphatic rings. The van der Waals surface area contributed by atoms with E-state index in [0.717, 1.165) is 6.54 Å². The van der Waals surface area contributed by atoms with Gasteiger partial charge in [-0.05, 0) is 35.8 Å². The maximum Gasteiger partial charge on any atom is 0.250 e. The van der Waals surface area contributed by atoms with Crippen molar-refractivity contribution >= 4 is 0 Å². The van der Waals surface area contributed by atoms with Gasteiger partial charge in [-0.25, -0.2) is 8.78 Å². The standard InChI is InChI=1S/C17H24F2N2/c1-12(2)16-15(14-3-4-14)9-13(10-20-16)11-21-7-5-17(18,19)6-8-21/h9-10,12,14H,3-8,11H2,1-2H3. The highest BCUT2D eigenvalue weighted by atomic mass is 19.3. The van der Waals surface area contributed by atoms with Gasteiger partial charge >= 0.3 is 0 Å². The number of pyridine rings is 1. The van der Waals surface area contributed by atoms with Gasteiger partial charge in [-0.15, -0.1) is 0 Å². The Hall–Kier alpha value is -1.03. The Labute approximate surface area is 125 Å². The number of nitrogens with zero attached hydrogens (tertiary/aromatic N) is 2. The molecule has 1 saturated carbocycles. The largest absolute Gasteiger partial charge is 0.299 e. The van der Waals surface area contributed by atoms with Crippen molar-refractivity contribution < 1.29 is 8.78 Å². The molecule has 21 heavy (non-hydrogen) atoms. The Morgan fingerprint density at radius 3 is 2.52 bits per heavy atom. The lowest BCUT2D eigenvalue weighted by Crippen LogP contribution is -2.38. The van der Waals surface area contributed by atoms with Gasteiger partial charge < -0.3 is 0 Å². The topological polar surface area (TPSA) is 16.1 Å². The maximum absolute atomic E-state index is 13.2. The van der Waals surface area contributed by atoms with E-state index in [-0.39, 0.29) is 12.8 Å². The number of aromatic nitrogens is 1. The lowest BCUT2D eigenvalue weighted by atomic mass is 9.98. The first-order valence-electron chi connectivity index (χ1n) is 8.03. The van der Waals surface area contributed by atoms with E-state index in [4.69, 9.17) is 0 Å². The molecule has 0 amide bonds. The second-order valence-corrected chi connectivity index (χ2v) is 6.88. The van der Waals surface area contributed by atoms with Crippen LogP contribution >= 0.6 is 0 Å². The van der Waals surface area contributed by atoms with Crippen LogP contribution in [0.1, 0.15) is 68.2 Å². The van der Waals surface area contributed by atoms with Crippen molar-refractivity contribution in [2.75, 3.05) is 13.1 Å². The third kappa shape index (κ3) is 3.60. The molecule has 0 spiro atoms. The zero-order chi connectivity index (χ0) is 15.0. The van der Waals surface area contributed by atoms with Crippen LogP contribution in [0, 0.1) is 0 Å². The lowest BCUT2D eigenvalue weighted by Gasteiger charge is -2.31. The minimum Gasteiger partial charge on any atom is -0.299 e. The van der Waals surface area contributed by atoms with E-state index in [1.54, 1.807) is 0 Å². The first kappa shape index (κ1) is 14.9. The number of halogens is 2. The fraction of sp³-hybridized carbons (Fsp3) is 0.706. The molecule has 3 rings (SSSR count). The normalized spacial score (nSPS) is 22.7. The lowest BCUT2D eigenvalue weighted by molar-refractivity contribution is -0.0566. The van der Waals surface area contributed by atoms with E-state index in [1.807, 2.05) is 6.20 Å². The molecule has 2 fully saturated rings. The van der Waals surface area contributed by atoms with E-state index in [1.165, 1.54) is 29.7 Å². The Morgan fingerprint density at radius 2 is 1.95 bits per heavy atom. The van der Waals surface area contributed by atoms with E-state index < -0.39 is 5.92 Å². The van der Waals surface area contributed by atoms with Gasteiger partial charge in [-0.3, -0.25) is 9.88 Å². The molecule has 0 radical (unpaired) electrons. The Bertz CT molecular complexity index is 500. The molecule has 0 aromatic carbocycles. The van der Waals surface area contributed by atoms with Gasteiger partial charge in [0.1, 0.15) is 0 Å². The van der Waals surface area contributed by atoms with Crippen LogP contribution in [-0.4, -0.2) is 28.9 Å². The molecule has 1 aromatic rings. The number of alkyl halides is 2. The van der Waals surface area contributed by atoms with Crippen LogP contribution in [0.2, 0.25) is 0 Å². The molecule has 116 valence electrons. The van der Waals surface area contributed by atoms with Gasteiger partial charge in [-0.2, -0.15) is 0 Å². The average molecular weight is 294 g/mol. The minimum absolute atomic E-state index is 0.0139. The van der Waals surface area contributed by atoms with Gasteiger partial charge in [-0.1, -0.05) is 19.9 Å². The van der Waals surface area contributed by atoms with Gasteiger partial charge in [0, 0.05) is 44.4 Å². The number of rotatable bonds is 4. The van der Waals surface area contributed by atoms with Crippen molar-refractivity contribution in [3.8, 4) is 0 Å². The van der Waals surface area contributed by atoms with Crippen molar-refractivity contribution in [2.45, 2.75) is 63.8 Å². The molecule has 1 aliphatic carbocycles. The highest BCUT2D eigenvalue weighted by Gasteiger charge is 2.34. The van der Waals surface area contributed by atoms with Crippen LogP contribution in [0.4, 0.5) is 8.78 Å². The molecule has 1 aromatic heterocycles. The van der Waals surface area contributed by atoms with E-state index >= 15 is 0 Å². The van der Waals surface area contributed by atoms with Crippen LogP contribution in [-0.2, 0) is 6.54 Å². The predicted octanol–water partition coefficient (Wildman–Crippen LogP) is 4.31.